The van der Waals surface area contributed by atoms with Crippen molar-refractivity contribution in [3.63, 3.8) is 0 Å². The molecule has 1 aliphatic carbocycles. The summed E-state index contributed by atoms with van der Waals surface area (Å²) in [7, 11) is 1.76. The van der Waals surface area contributed by atoms with E-state index in [9.17, 15) is 9.90 Å². The van der Waals surface area contributed by atoms with Crippen LogP contribution in [0.5, 0.6) is 5.75 Å². The number of ether oxygens (including phenoxy) is 1. The molecule has 3 heterocycles. The van der Waals surface area contributed by atoms with E-state index in [0.29, 0.717) is 11.6 Å². The van der Waals surface area contributed by atoms with E-state index in [4.69, 9.17) is 4.74 Å². The first-order valence-electron chi connectivity index (χ1n) is 12.5. The molecule has 2 saturated heterocycles. The number of H-pyrrole nitrogens is 1. The third-order valence-electron chi connectivity index (χ3n) is 8.65. The summed E-state index contributed by atoms with van der Waals surface area (Å²) in [4.78, 5) is 20.2. The first kappa shape index (κ1) is 21.7. The summed E-state index contributed by atoms with van der Waals surface area (Å²) >= 11 is 0. The number of piperazine rings is 1. The van der Waals surface area contributed by atoms with Crippen LogP contribution in [-0.4, -0.2) is 58.6 Å². The maximum atomic E-state index is 11.4. The van der Waals surface area contributed by atoms with Crippen LogP contribution in [-0.2, 0) is 6.54 Å². The maximum absolute atomic E-state index is 11.4. The highest BCUT2D eigenvalue weighted by molar-refractivity contribution is 5.88. The number of hydrogen-bond acceptors (Lipinski definition) is 4. The molecule has 4 atom stereocenters. The third kappa shape index (κ3) is 3.51. The molecule has 6 nitrogen and oxygen atoms in total. The van der Waals surface area contributed by atoms with E-state index in [-0.39, 0.29) is 6.04 Å². The quantitative estimate of drug-likeness (QED) is 0.571. The molecule has 178 valence electrons. The molecule has 34 heavy (non-hydrogen) atoms. The van der Waals surface area contributed by atoms with Crippen LogP contribution in [0.15, 0.2) is 42.6 Å². The molecule has 3 aromatic rings. The van der Waals surface area contributed by atoms with Gasteiger partial charge in [-0.3, -0.25) is 9.80 Å². The molecule has 0 spiro atoms. The van der Waals surface area contributed by atoms with Crippen LogP contribution in [0, 0.1) is 18.8 Å². The monoisotopic (exact) mass is 459 g/mol. The van der Waals surface area contributed by atoms with Gasteiger partial charge in [-0.25, -0.2) is 4.79 Å². The lowest BCUT2D eigenvalue weighted by Crippen LogP contribution is -2.53. The number of aromatic amines is 1. The Kier molecular flexibility index (Phi) is 5.38. The van der Waals surface area contributed by atoms with Crippen molar-refractivity contribution in [2.75, 3.05) is 26.7 Å². The van der Waals surface area contributed by atoms with Gasteiger partial charge in [-0.2, -0.15) is 0 Å². The Morgan fingerprint density at radius 1 is 1.15 bits per heavy atom. The standard InChI is InChI=1S/C28H33N3O3/c1-17-12-26(34-2)23(22-10-11-29-27(17)22)14-31-16-25-21-5-3-4-20(21)13-30(25)15-24(31)18-6-8-19(9-7-18)28(32)33/h6-12,20-21,24-25,29H,3-5,13-16H2,1-2H3,(H,32,33)/t20-,21-,24-,25+/m1/s1. The Balaban J connectivity index is 1.38. The number of carboxylic acids is 1. The van der Waals surface area contributed by atoms with Gasteiger partial charge in [-0.1, -0.05) is 18.6 Å². The summed E-state index contributed by atoms with van der Waals surface area (Å²) in [6.45, 7) is 6.17. The van der Waals surface area contributed by atoms with E-state index < -0.39 is 5.97 Å². The zero-order valence-electron chi connectivity index (χ0n) is 20.0. The number of carboxylic acid groups (broad SMARTS) is 1. The van der Waals surface area contributed by atoms with Crippen molar-refractivity contribution in [1.29, 1.82) is 0 Å². The molecule has 0 radical (unpaired) electrons. The molecule has 2 N–H and O–H groups in total. The van der Waals surface area contributed by atoms with E-state index in [1.807, 2.05) is 18.3 Å². The van der Waals surface area contributed by atoms with Gasteiger partial charge in [0.05, 0.1) is 12.7 Å². The Hall–Kier alpha value is -2.83. The smallest absolute Gasteiger partial charge is 0.335 e. The van der Waals surface area contributed by atoms with Gasteiger partial charge in [0.1, 0.15) is 5.75 Å². The van der Waals surface area contributed by atoms with E-state index in [2.05, 4.69) is 33.8 Å². The molecule has 0 unspecified atom stereocenters. The zero-order valence-corrected chi connectivity index (χ0v) is 20.0. The van der Waals surface area contributed by atoms with E-state index in [1.54, 1.807) is 19.2 Å². The second-order valence-corrected chi connectivity index (χ2v) is 10.4. The Labute approximate surface area is 200 Å². The lowest BCUT2D eigenvalue weighted by Gasteiger charge is -2.45. The van der Waals surface area contributed by atoms with Crippen LogP contribution in [0.2, 0.25) is 0 Å². The normalized spacial score (nSPS) is 27.1. The summed E-state index contributed by atoms with van der Waals surface area (Å²) in [5.41, 5.74) is 5.13. The predicted molar refractivity (Wildman–Crippen MR) is 132 cm³/mol. The topological polar surface area (TPSA) is 68.8 Å². The Morgan fingerprint density at radius 2 is 1.97 bits per heavy atom. The molecule has 3 fully saturated rings. The second kappa shape index (κ2) is 8.43. The fourth-order valence-corrected chi connectivity index (χ4v) is 6.99. The van der Waals surface area contributed by atoms with Crippen molar-refractivity contribution in [3.8, 4) is 5.75 Å². The first-order chi connectivity index (χ1) is 16.5. The van der Waals surface area contributed by atoms with Gasteiger partial charge in [0.25, 0.3) is 0 Å². The molecule has 0 bridgehead atoms. The molecule has 3 aliphatic rings. The van der Waals surface area contributed by atoms with Crippen LogP contribution in [0.4, 0.5) is 0 Å². The molecular formula is C28H33N3O3. The van der Waals surface area contributed by atoms with Crippen molar-refractivity contribution in [2.24, 2.45) is 11.8 Å². The number of hydrogen-bond donors (Lipinski definition) is 2. The average Bonchev–Trinajstić information content (AvgIpc) is 3.57. The molecule has 1 saturated carbocycles. The summed E-state index contributed by atoms with van der Waals surface area (Å²) < 4.78 is 5.87. The fraction of sp³-hybridized carbons (Fsp3) is 0.464. The van der Waals surface area contributed by atoms with E-state index in [1.165, 1.54) is 53.4 Å². The Bertz CT molecular complexity index is 1220. The van der Waals surface area contributed by atoms with Crippen molar-refractivity contribution < 1.29 is 14.6 Å². The summed E-state index contributed by atoms with van der Waals surface area (Å²) in [6, 6.07) is 12.7. The van der Waals surface area contributed by atoms with Crippen molar-refractivity contribution >= 4 is 16.9 Å². The molecule has 6 rings (SSSR count). The fourth-order valence-electron chi connectivity index (χ4n) is 6.99. The number of fused-ring (bicyclic) bond motifs is 4. The maximum Gasteiger partial charge on any atom is 0.335 e. The second-order valence-electron chi connectivity index (χ2n) is 10.4. The predicted octanol–water partition coefficient (Wildman–Crippen LogP) is 4.84. The van der Waals surface area contributed by atoms with Crippen LogP contribution in [0.3, 0.4) is 0 Å². The molecule has 2 aromatic carbocycles. The van der Waals surface area contributed by atoms with Gasteiger partial charge in [0.15, 0.2) is 0 Å². The third-order valence-corrected chi connectivity index (χ3v) is 8.65. The lowest BCUT2D eigenvalue weighted by atomic mass is 9.90. The summed E-state index contributed by atoms with van der Waals surface area (Å²) in [5.74, 6) is 1.71. The number of nitrogens with one attached hydrogen (secondary N) is 1. The number of aryl methyl sites for hydroxylation is 1. The molecule has 2 aliphatic heterocycles. The number of aromatic carboxylic acids is 1. The van der Waals surface area contributed by atoms with E-state index >= 15 is 0 Å². The SMILES string of the molecule is COc1cc(C)c2[nH]ccc2c1CN1C[C@H]2[C@@H]3CCC[C@@H]3CN2C[C@@H]1c1ccc(C(=O)O)cc1. The summed E-state index contributed by atoms with van der Waals surface area (Å²) in [5, 5.41) is 10.6. The van der Waals surface area contributed by atoms with Gasteiger partial charge in [0, 0.05) is 60.9 Å². The highest BCUT2D eigenvalue weighted by atomic mass is 16.5. The number of nitrogens with zero attached hydrogens (tertiary/aromatic N) is 2. The van der Waals surface area contributed by atoms with Gasteiger partial charge in [0.2, 0.25) is 0 Å². The first-order valence-corrected chi connectivity index (χ1v) is 12.5. The number of rotatable bonds is 5. The number of carbonyl (C=O) groups is 1. The number of benzene rings is 2. The van der Waals surface area contributed by atoms with Gasteiger partial charge in [-0.15, -0.1) is 0 Å². The Morgan fingerprint density at radius 3 is 2.74 bits per heavy atom. The molecule has 6 heteroatoms. The largest absolute Gasteiger partial charge is 0.496 e. The average molecular weight is 460 g/mol. The van der Waals surface area contributed by atoms with Gasteiger partial charge >= 0.3 is 5.97 Å². The highest BCUT2D eigenvalue weighted by Crippen LogP contribution is 2.46. The van der Waals surface area contributed by atoms with Crippen LogP contribution < -0.4 is 4.74 Å². The van der Waals surface area contributed by atoms with E-state index in [0.717, 1.165) is 37.2 Å². The molecular weight excluding hydrogens is 426 g/mol. The lowest BCUT2D eigenvalue weighted by molar-refractivity contribution is 0.0313. The molecule has 1 aromatic heterocycles. The minimum absolute atomic E-state index is 0.220. The molecule has 0 amide bonds. The zero-order chi connectivity index (χ0) is 23.4. The number of methoxy groups -OCH3 is 1. The van der Waals surface area contributed by atoms with Crippen LogP contribution in [0.1, 0.15) is 52.4 Å². The van der Waals surface area contributed by atoms with Gasteiger partial charge < -0.3 is 14.8 Å². The van der Waals surface area contributed by atoms with Crippen LogP contribution in [0.25, 0.3) is 10.9 Å². The minimum Gasteiger partial charge on any atom is -0.496 e. The van der Waals surface area contributed by atoms with Crippen LogP contribution >= 0.6 is 0 Å². The minimum atomic E-state index is -0.876. The van der Waals surface area contributed by atoms with Crippen molar-refractivity contribution in [1.82, 2.24) is 14.8 Å². The highest BCUT2D eigenvalue weighted by Gasteiger charge is 2.48. The summed E-state index contributed by atoms with van der Waals surface area (Å²) in [6.07, 6.45) is 6.11. The number of aromatic nitrogens is 1. The van der Waals surface area contributed by atoms with Crippen molar-refractivity contribution in [3.05, 3.63) is 64.8 Å². The van der Waals surface area contributed by atoms with Gasteiger partial charge in [-0.05, 0) is 67.0 Å². The van der Waals surface area contributed by atoms with Crippen molar-refractivity contribution in [2.45, 2.75) is 44.8 Å².